The van der Waals surface area contributed by atoms with Crippen molar-refractivity contribution in [2.45, 2.75) is 207 Å². The molecule has 70 heavy (non-hydrogen) atoms. The highest BCUT2D eigenvalue weighted by molar-refractivity contribution is 5.70. The molecule has 390 valence electrons. The summed E-state index contributed by atoms with van der Waals surface area (Å²) in [4.78, 5) is 25.5. The van der Waals surface area contributed by atoms with E-state index in [0.717, 1.165) is 141 Å². The number of hydrogen-bond acceptors (Lipinski definition) is 5. The lowest BCUT2D eigenvalue weighted by Gasteiger charge is -2.18. The van der Waals surface area contributed by atoms with Crippen LogP contribution in [-0.2, 0) is 23.8 Å². The first kappa shape index (κ1) is 65.3. The smallest absolute Gasteiger partial charge is 0.306 e. The van der Waals surface area contributed by atoms with Gasteiger partial charge in [0.15, 0.2) is 6.10 Å². The van der Waals surface area contributed by atoms with E-state index < -0.39 is 6.10 Å². The van der Waals surface area contributed by atoms with Gasteiger partial charge in [-0.25, -0.2) is 0 Å². The summed E-state index contributed by atoms with van der Waals surface area (Å²) in [5, 5.41) is 0. The molecule has 0 aromatic rings. The van der Waals surface area contributed by atoms with E-state index in [0.29, 0.717) is 25.9 Å². The summed E-state index contributed by atoms with van der Waals surface area (Å²) in [5.41, 5.74) is 0. The fourth-order valence-corrected chi connectivity index (χ4v) is 6.74. The van der Waals surface area contributed by atoms with Crippen molar-refractivity contribution in [3.05, 3.63) is 170 Å². The minimum atomic E-state index is -0.610. The fraction of sp³-hybridized carbons (Fsp3) is 0.538. The minimum absolute atomic E-state index is 0.0245. The first-order valence-electron chi connectivity index (χ1n) is 27.7. The first-order valence-corrected chi connectivity index (χ1v) is 27.7. The second kappa shape index (κ2) is 58.6. The largest absolute Gasteiger partial charge is 0.462 e. The molecule has 0 saturated carbocycles. The Balaban J connectivity index is 4.52. The van der Waals surface area contributed by atoms with E-state index in [2.05, 4.69) is 191 Å². The number of carbonyl (C=O) groups is 2. The van der Waals surface area contributed by atoms with Crippen LogP contribution in [0.5, 0.6) is 0 Å². The van der Waals surface area contributed by atoms with E-state index in [1.807, 2.05) is 0 Å². The molecule has 5 nitrogen and oxygen atoms in total. The summed E-state index contributed by atoms with van der Waals surface area (Å²) in [7, 11) is 0. The van der Waals surface area contributed by atoms with Gasteiger partial charge in [0.2, 0.25) is 0 Å². The zero-order valence-electron chi connectivity index (χ0n) is 44.7. The SMILES string of the molecule is CC/C=C\C/C=C\C/C=C\C/C=C\C/C=C\CCCCOCC(COC(=O)CCCCCCCC/C=C\C/C=C\C/C=C\C/C=C\CC)OC(=O)CCC/C=C\C/C=C\C/C=C\C/C=C\C/C=C\CC. The van der Waals surface area contributed by atoms with Gasteiger partial charge in [0, 0.05) is 19.4 Å². The predicted octanol–water partition coefficient (Wildman–Crippen LogP) is 19.2. The number of esters is 2. The number of hydrogen-bond donors (Lipinski definition) is 0. The van der Waals surface area contributed by atoms with Crippen LogP contribution < -0.4 is 0 Å². The molecule has 0 radical (unpaired) electrons. The molecular weight excluding hydrogens is 861 g/mol. The van der Waals surface area contributed by atoms with Gasteiger partial charge in [-0.3, -0.25) is 9.59 Å². The molecule has 0 aliphatic heterocycles. The lowest BCUT2D eigenvalue weighted by atomic mass is 10.1. The summed E-state index contributed by atoms with van der Waals surface area (Å²) in [6.07, 6.45) is 88.1. The van der Waals surface area contributed by atoms with Crippen LogP contribution in [-0.4, -0.2) is 37.9 Å². The molecule has 0 aromatic heterocycles. The fourth-order valence-electron chi connectivity index (χ4n) is 6.74. The van der Waals surface area contributed by atoms with Crippen molar-refractivity contribution in [1.29, 1.82) is 0 Å². The summed E-state index contributed by atoms with van der Waals surface area (Å²) in [6, 6.07) is 0. The topological polar surface area (TPSA) is 61.8 Å². The van der Waals surface area contributed by atoms with Gasteiger partial charge in [0.05, 0.1) is 6.61 Å². The molecule has 0 aliphatic carbocycles. The van der Waals surface area contributed by atoms with Gasteiger partial charge in [0.1, 0.15) is 6.61 Å². The number of allylic oxidation sites excluding steroid dienone is 28. The third-order valence-corrected chi connectivity index (χ3v) is 10.7. The second-order valence-corrected chi connectivity index (χ2v) is 17.3. The molecule has 0 heterocycles. The van der Waals surface area contributed by atoms with Crippen LogP contribution in [0.15, 0.2) is 170 Å². The Morgan fingerprint density at radius 1 is 0.314 bits per heavy atom. The van der Waals surface area contributed by atoms with E-state index in [9.17, 15) is 9.59 Å². The molecule has 0 aliphatic rings. The van der Waals surface area contributed by atoms with E-state index in [4.69, 9.17) is 14.2 Å². The molecule has 0 N–H and O–H groups in total. The van der Waals surface area contributed by atoms with Crippen molar-refractivity contribution >= 4 is 11.9 Å². The molecule has 5 heteroatoms. The van der Waals surface area contributed by atoms with Crippen LogP contribution >= 0.6 is 0 Å². The molecule has 1 unspecified atom stereocenters. The number of ether oxygens (including phenoxy) is 3. The molecule has 0 bridgehead atoms. The Bertz CT molecular complexity index is 1600. The van der Waals surface area contributed by atoms with Gasteiger partial charge in [-0.2, -0.15) is 0 Å². The molecule has 0 rings (SSSR count). The molecule has 0 amide bonds. The molecule has 0 fully saturated rings. The van der Waals surface area contributed by atoms with Crippen LogP contribution in [0.2, 0.25) is 0 Å². The number of unbranched alkanes of at least 4 members (excludes halogenated alkanes) is 9. The van der Waals surface area contributed by atoms with Gasteiger partial charge < -0.3 is 14.2 Å². The molecule has 0 aromatic carbocycles. The van der Waals surface area contributed by atoms with Crippen LogP contribution in [0.3, 0.4) is 0 Å². The minimum Gasteiger partial charge on any atom is -0.462 e. The van der Waals surface area contributed by atoms with Gasteiger partial charge in [-0.1, -0.05) is 217 Å². The lowest BCUT2D eigenvalue weighted by Crippen LogP contribution is -2.30. The molecule has 0 spiro atoms. The second-order valence-electron chi connectivity index (χ2n) is 17.3. The van der Waals surface area contributed by atoms with Crippen LogP contribution in [0.1, 0.15) is 201 Å². The van der Waals surface area contributed by atoms with Crippen molar-refractivity contribution < 1.29 is 23.8 Å². The molecule has 0 saturated heterocycles. The van der Waals surface area contributed by atoms with Crippen molar-refractivity contribution in [3.8, 4) is 0 Å². The van der Waals surface area contributed by atoms with Gasteiger partial charge >= 0.3 is 11.9 Å². The maximum atomic E-state index is 12.8. The summed E-state index contributed by atoms with van der Waals surface area (Å²) in [6.45, 7) is 7.28. The normalized spacial score (nSPS) is 13.6. The van der Waals surface area contributed by atoms with Gasteiger partial charge in [-0.15, -0.1) is 0 Å². The number of rotatable bonds is 48. The maximum absolute atomic E-state index is 12.8. The highest BCUT2D eigenvalue weighted by Gasteiger charge is 2.17. The summed E-state index contributed by atoms with van der Waals surface area (Å²) in [5.74, 6) is -0.520. The predicted molar refractivity (Wildman–Crippen MR) is 306 cm³/mol. The lowest BCUT2D eigenvalue weighted by molar-refractivity contribution is -0.162. The van der Waals surface area contributed by atoms with Crippen molar-refractivity contribution in [3.63, 3.8) is 0 Å². The van der Waals surface area contributed by atoms with Crippen molar-refractivity contribution in [2.75, 3.05) is 19.8 Å². The summed E-state index contributed by atoms with van der Waals surface area (Å²) < 4.78 is 17.3. The Morgan fingerprint density at radius 3 is 1.00 bits per heavy atom. The van der Waals surface area contributed by atoms with E-state index in [-0.39, 0.29) is 25.2 Å². The highest BCUT2D eigenvalue weighted by Crippen LogP contribution is 2.11. The molecular formula is C65H100O5. The van der Waals surface area contributed by atoms with E-state index in [1.54, 1.807) is 0 Å². The number of carbonyl (C=O) groups excluding carboxylic acids is 2. The van der Waals surface area contributed by atoms with Crippen LogP contribution in [0, 0.1) is 0 Å². The van der Waals surface area contributed by atoms with E-state index >= 15 is 0 Å². The summed E-state index contributed by atoms with van der Waals surface area (Å²) >= 11 is 0. The van der Waals surface area contributed by atoms with Crippen molar-refractivity contribution in [2.24, 2.45) is 0 Å². The monoisotopic (exact) mass is 961 g/mol. The van der Waals surface area contributed by atoms with Crippen LogP contribution in [0.25, 0.3) is 0 Å². The zero-order chi connectivity index (χ0) is 50.6. The highest BCUT2D eigenvalue weighted by atomic mass is 16.6. The van der Waals surface area contributed by atoms with Gasteiger partial charge in [0.25, 0.3) is 0 Å². The Labute approximate surface area is 430 Å². The maximum Gasteiger partial charge on any atom is 0.306 e. The zero-order valence-corrected chi connectivity index (χ0v) is 44.7. The Morgan fingerprint density at radius 2 is 0.614 bits per heavy atom. The Hall–Kier alpha value is -4.74. The van der Waals surface area contributed by atoms with Crippen LogP contribution in [0.4, 0.5) is 0 Å². The van der Waals surface area contributed by atoms with E-state index in [1.165, 1.54) is 19.3 Å². The first-order chi connectivity index (χ1) is 34.6. The third-order valence-electron chi connectivity index (χ3n) is 10.7. The third kappa shape index (κ3) is 55.9. The quantitative estimate of drug-likeness (QED) is 0.0345. The molecule has 1 atom stereocenters. The van der Waals surface area contributed by atoms with Crippen molar-refractivity contribution in [1.82, 2.24) is 0 Å². The van der Waals surface area contributed by atoms with Gasteiger partial charge in [-0.05, 0) is 141 Å². The average molecular weight is 962 g/mol. The standard InChI is InChI=1S/C65H100O5/c1-4-7-10-13-16-19-22-25-28-31-33-35-37-40-43-46-49-52-55-58-64(66)69-62-63(61-68-60-57-54-51-48-45-42-39-36-32-29-26-23-20-17-14-11-8-5-2)70-65(67)59-56-53-50-47-44-41-38-34-30-27-24-21-18-15-12-9-6-3/h7-12,16-21,25-30,33,35-36,38-39,41,45,47-48,50,63H,4-6,13-15,22-24,31-32,34,37,40,42-44,46,49,51-62H2,1-3H3/b10-7-,11-8-,12-9-,19-16-,20-17-,21-18-,28-25-,29-26-,30-27-,35-33-,39-36-,41-38-,48-45-,50-47-. The average Bonchev–Trinajstić information content (AvgIpc) is 3.36. The Kier molecular flexibility index (Phi) is 54.6.